The van der Waals surface area contributed by atoms with Gasteiger partial charge in [-0.15, -0.1) is 0 Å². The summed E-state index contributed by atoms with van der Waals surface area (Å²) in [5, 5.41) is 8.73. The van der Waals surface area contributed by atoms with Crippen LogP contribution in [0.1, 0.15) is 16.8 Å². The number of benzene rings is 1. The van der Waals surface area contributed by atoms with Crippen LogP contribution in [-0.2, 0) is 0 Å². The van der Waals surface area contributed by atoms with Gasteiger partial charge in [0.15, 0.2) is 5.78 Å². The Hall–Kier alpha value is -0.860. The molecular weight excluding hydrogens is 176 g/mol. The van der Waals surface area contributed by atoms with Gasteiger partial charge in [0, 0.05) is 5.56 Å². The van der Waals surface area contributed by atoms with Gasteiger partial charge in [0.1, 0.15) is 5.56 Å². The van der Waals surface area contributed by atoms with Crippen molar-refractivity contribution in [3.8, 4) is 0 Å². The molecule has 0 aliphatic carbocycles. The first-order valence-electron chi connectivity index (χ1n) is 3.60. The molecule has 1 rings (SSSR count). The van der Waals surface area contributed by atoms with Gasteiger partial charge in [-0.25, -0.2) is 0 Å². The number of ketones is 1. The van der Waals surface area contributed by atoms with E-state index in [1.165, 1.54) is 0 Å². The molecule has 0 saturated heterocycles. The molecule has 2 nitrogen and oxygen atoms in total. The topological polar surface area (TPSA) is 37.3 Å². The number of halogens is 1. The normalized spacial score (nSPS) is 12.5. The molecule has 0 aliphatic rings. The maximum absolute atomic E-state index is 11.2. The Labute approximate surface area is 75.8 Å². The van der Waals surface area contributed by atoms with Crippen LogP contribution in [-0.4, -0.2) is 16.5 Å². The van der Waals surface area contributed by atoms with E-state index in [1.54, 1.807) is 24.3 Å². The van der Waals surface area contributed by atoms with Gasteiger partial charge < -0.3 is 5.11 Å². The van der Waals surface area contributed by atoms with E-state index >= 15 is 0 Å². The van der Waals surface area contributed by atoms with Crippen molar-refractivity contribution >= 4 is 17.4 Å². The fourth-order valence-corrected chi connectivity index (χ4v) is 1.04. The molecule has 1 unspecified atom stereocenters. The zero-order chi connectivity index (χ0) is 8.97. The van der Waals surface area contributed by atoms with Crippen molar-refractivity contribution in [2.24, 2.45) is 0 Å². The van der Waals surface area contributed by atoms with E-state index in [0.29, 0.717) is 5.56 Å². The van der Waals surface area contributed by atoms with E-state index in [1.807, 2.05) is 6.07 Å². The number of alkyl halides is 1. The van der Waals surface area contributed by atoms with E-state index in [4.69, 9.17) is 16.7 Å². The third-order valence-corrected chi connectivity index (χ3v) is 1.60. The number of hydrogen-bond donors (Lipinski definition) is 1. The lowest BCUT2D eigenvalue weighted by molar-refractivity contribution is 0.0940. The van der Waals surface area contributed by atoms with Crippen LogP contribution < -0.4 is 0 Å². The van der Waals surface area contributed by atoms with Crippen LogP contribution in [0.15, 0.2) is 30.3 Å². The van der Waals surface area contributed by atoms with E-state index in [0.717, 1.165) is 0 Å². The molecule has 1 atom stereocenters. The fraction of sp³-hybridized carbons (Fsp3) is 0.222. The Kier molecular flexibility index (Phi) is 3.26. The van der Waals surface area contributed by atoms with Crippen LogP contribution in [0.5, 0.6) is 0 Å². The summed E-state index contributed by atoms with van der Waals surface area (Å²) >= 11 is 5.26. The monoisotopic (exact) mass is 184 g/mol. The van der Waals surface area contributed by atoms with Gasteiger partial charge in [-0.2, -0.15) is 0 Å². The number of hydrogen-bond acceptors (Lipinski definition) is 2. The van der Waals surface area contributed by atoms with Crippen molar-refractivity contribution in [2.75, 3.05) is 0 Å². The highest BCUT2D eigenvalue weighted by molar-refractivity contribution is 6.21. The summed E-state index contributed by atoms with van der Waals surface area (Å²) in [6.07, 6.45) is -0.0361. The number of carbonyl (C=O) groups excluding carboxylic acids is 1. The average Bonchev–Trinajstić information content (AvgIpc) is 2.05. The Balaban J connectivity index is 2.66. The van der Waals surface area contributed by atoms with Crippen molar-refractivity contribution in [3.63, 3.8) is 0 Å². The maximum Gasteiger partial charge on any atom is 0.166 e. The van der Waals surface area contributed by atoms with Crippen molar-refractivity contribution in [1.82, 2.24) is 0 Å². The summed E-state index contributed by atoms with van der Waals surface area (Å²) in [6.45, 7) is 0. The van der Waals surface area contributed by atoms with Gasteiger partial charge in [-0.05, 0) is 0 Å². The number of Topliss-reactive ketones (excluding diaryl/α,β-unsaturated/α-hetero) is 1. The molecule has 0 radical (unpaired) electrons. The van der Waals surface area contributed by atoms with Crippen LogP contribution >= 0.6 is 11.6 Å². The molecule has 0 saturated carbocycles. The number of rotatable bonds is 3. The Morgan fingerprint density at radius 2 is 2.00 bits per heavy atom. The van der Waals surface area contributed by atoms with Crippen LogP contribution in [0.2, 0.25) is 0 Å². The highest BCUT2D eigenvalue weighted by Gasteiger charge is 2.08. The minimum atomic E-state index is -1.09. The molecule has 0 spiro atoms. The van der Waals surface area contributed by atoms with E-state index < -0.39 is 5.56 Å². The summed E-state index contributed by atoms with van der Waals surface area (Å²) in [7, 11) is 0. The second-order valence-electron chi connectivity index (χ2n) is 2.43. The minimum absolute atomic E-state index is 0.0361. The van der Waals surface area contributed by atoms with Crippen molar-refractivity contribution < 1.29 is 9.90 Å². The van der Waals surface area contributed by atoms with Gasteiger partial charge in [0.05, 0.1) is 6.42 Å². The fourth-order valence-electron chi connectivity index (χ4n) is 0.895. The molecule has 0 aromatic heterocycles. The lowest BCUT2D eigenvalue weighted by atomic mass is 10.1. The molecule has 1 aromatic carbocycles. The maximum atomic E-state index is 11.2. The molecule has 3 heteroatoms. The summed E-state index contributed by atoms with van der Waals surface area (Å²) in [5.74, 6) is -0.141. The van der Waals surface area contributed by atoms with Gasteiger partial charge in [0.25, 0.3) is 0 Å². The van der Waals surface area contributed by atoms with Gasteiger partial charge >= 0.3 is 0 Å². The minimum Gasteiger partial charge on any atom is -0.377 e. The molecule has 0 fully saturated rings. The Morgan fingerprint density at radius 1 is 1.42 bits per heavy atom. The molecule has 0 bridgehead atoms. The third-order valence-electron chi connectivity index (χ3n) is 1.45. The van der Waals surface area contributed by atoms with Crippen LogP contribution in [0, 0.1) is 0 Å². The number of aliphatic hydroxyl groups excluding tert-OH is 1. The van der Waals surface area contributed by atoms with Crippen molar-refractivity contribution in [3.05, 3.63) is 35.9 Å². The van der Waals surface area contributed by atoms with Gasteiger partial charge in [0.2, 0.25) is 0 Å². The first kappa shape index (κ1) is 9.23. The zero-order valence-electron chi connectivity index (χ0n) is 6.40. The molecule has 0 heterocycles. The first-order chi connectivity index (χ1) is 5.70. The Morgan fingerprint density at radius 3 is 2.50 bits per heavy atom. The van der Waals surface area contributed by atoms with E-state index in [9.17, 15) is 4.79 Å². The number of aliphatic hydroxyl groups is 1. The number of carbonyl (C=O) groups is 1. The summed E-state index contributed by atoms with van der Waals surface area (Å²) in [4.78, 5) is 11.2. The van der Waals surface area contributed by atoms with E-state index in [2.05, 4.69) is 0 Å². The standard InChI is InChI=1S/C9H9ClO2/c10-9(12)6-8(11)7-4-2-1-3-5-7/h1-5,9,12H,6H2. The second kappa shape index (κ2) is 4.24. The Bertz CT molecular complexity index is 256. The molecule has 0 aliphatic heterocycles. The summed E-state index contributed by atoms with van der Waals surface area (Å²) in [6, 6.07) is 8.76. The molecule has 64 valence electrons. The zero-order valence-corrected chi connectivity index (χ0v) is 7.16. The largest absolute Gasteiger partial charge is 0.377 e. The third kappa shape index (κ3) is 2.64. The van der Waals surface area contributed by atoms with Crippen molar-refractivity contribution in [1.29, 1.82) is 0 Å². The SMILES string of the molecule is O=C(CC(O)Cl)c1ccccc1. The van der Waals surface area contributed by atoms with Crippen LogP contribution in [0.25, 0.3) is 0 Å². The molecule has 0 amide bonds. The summed E-state index contributed by atoms with van der Waals surface area (Å²) in [5.41, 5.74) is -0.505. The van der Waals surface area contributed by atoms with Crippen molar-refractivity contribution in [2.45, 2.75) is 12.0 Å². The predicted molar refractivity (Wildman–Crippen MR) is 47.2 cm³/mol. The average molecular weight is 185 g/mol. The smallest absolute Gasteiger partial charge is 0.166 e. The van der Waals surface area contributed by atoms with Gasteiger partial charge in [-0.3, -0.25) is 4.79 Å². The lowest BCUT2D eigenvalue weighted by Crippen LogP contribution is -2.06. The molecule has 12 heavy (non-hydrogen) atoms. The molecule has 1 N–H and O–H groups in total. The van der Waals surface area contributed by atoms with Gasteiger partial charge in [-0.1, -0.05) is 41.9 Å². The molecular formula is C9H9ClO2. The highest BCUT2D eigenvalue weighted by atomic mass is 35.5. The summed E-state index contributed by atoms with van der Waals surface area (Å²) < 4.78 is 0. The lowest BCUT2D eigenvalue weighted by Gasteiger charge is -2.00. The predicted octanol–water partition coefficient (Wildman–Crippen LogP) is 1.82. The molecule has 1 aromatic rings. The van der Waals surface area contributed by atoms with Crippen LogP contribution in [0.4, 0.5) is 0 Å². The van der Waals surface area contributed by atoms with E-state index in [-0.39, 0.29) is 12.2 Å². The highest BCUT2D eigenvalue weighted by Crippen LogP contribution is 2.06. The quantitative estimate of drug-likeness (QED) is 0.575. The van der Waals surface area contributed by atoms with Crippen LogP contribution in [0.3, 0.4) is 0 Å². The second-order valence-corrected chi connectivity index (χ2v) is 2.93. The first-order valence-corrected chi connectivity index (χ1v) is 4.04.